The van der Waals surface area contributed by atoms with E-state index in [1.807, 2.05) is 75.4 Å². The standard InChI is InChI=1S/C18H20O2/c1-18(2,3)17(19)15-9-11-16(12-10-15)20-13-14-7-5-4-6-8-14/h4-12H,13H2,1-3H3. The number of carbonyl (C=O) groups is 1. The number of rotatable bonds is 4. The number of hydrogen-bond acceptors (Lipinski definition) is 2. The van der Waals surface area contributed by atoms with Crippen LogP contribution in [0.4, 0.5) is 0 Å². The Morgan fingerprint density at radius 3 is 2.10 bits per heavy atom. The fourth-order valence-electron chi connectivity index (χ4n) is 1.88. The van der Waals surface area contributed by atoms with Crippen molar-refractivity contribution < 1.29 is 9.53 Å². The van der Waals surface area contributed by atoms with Crippen LogP contribution < -0.4 is 4.74 Å². The summed E-state index contributed by atoms with van der Waals surface area (Å²) in [5.41, 5.74) is 1.50. The Labute approximate surface area is 120 Å². The average Bonchev–Trinajstić information content (AvgIpc) is 2.45. The van der Waals surface area contributed by atoms with Gasteiger partial charge in [0, 0.05) is 11.0 Å². The summed E-state index contributed by atoms with van der Waals surface area (Å²) in [7, 11) is 0. The first-order chi connectivity index (χ1) is 9.47. The Morgan fingerprint density at radius 1 is 0.950 bits per heavy atom. The van der Waals surface area contributed by atoms with Gasteiger partial charge in [-0.2, -0.15) is 0 Å². The highest BCUT2D eigenvalue weighted by molar-refractivity contribution is 5.99. The molecule has 0 aromatic heterocycles. The molecule has 0 N–H and O–H groups in total. The Hall–Kier alpha value is -2.09. The number of carbonyl (C=O) groups excluding carboxylic acids is 1. The van der Waals surface area contributed by atoms with Crippen LogP contribution in [0.15, 0.2) is 54.6 Å². The van der Waals surface area contributed by atoms with Crippen molar-refractivity contribution in [2.75, 3.05) is 0 Å². The van der Waals surface area contributed by atoms with Gasteiger partial charge in [0.1, 0.15) is 12.4 Å². The number of ketones is 1. The van der Waals surface area contributed by atoms with Gasteiger partial charge in [0.15, 0.2) is 5.78 Å². The lowest BCUT2D eigenvalue weighted by atomic mass is 9.86. The van der Waals surface area contributed by atoms with Crippen molar-refractivity contribution in [1.82, 2.24) is 0 Å². The SMILES string of the molecule is CC(C)(C)C(=O)c1ccc(OCc2ccccc2)cc1. The summed E-state index contributed by atoms with van der Waals surface area (Å²) < 4.78 is 5.70. The van der Waals surface area contributed by atoms with Gasteiger partial charge in [0.05, 0.1) is 0 Å². The highest BCUT2D eigenvalue weighted by atomic mass is 16.5. The minimum atomic E-state index is -0.355. The van der Waals surface area contributed by atoms with Crippen molar-refractivity contribution >= 4 is 5.78 Å². The fraction of sp³-hybridized carbons (Fsp3) is 0.278. The van der Waals surface area contributed by atoms with Crippen LogP contribution in [0.2, 0.25) is 0 Å². The van der Waals surface area contributed by atoms with Gasteiger partial charge in [0.25, 0.3) is 0 Å². The summed E-state index contributed by atoms with van der Waals surface area (Å²) in [6, 6.07) is 17.4. The summed E-state index contributed by atoms with van der Waals surface area (Å²) >= 11 is 0. The van der Waals surface area contributed by atoms with Crippen LogP contribution in [0.25, 0.3) is 0 Å². The molecule has 2 heteroatoms. The molecule has 0 atom stereocenters. The summed E-state index contributed by atoms with van der Waals surface area (Å²) in [6.45, 7) is 6.31. The van der Waals surface area contributed by atoms with Crippen LogP contribution in [-0.2, 0) is 6.61 Å². The highest BCUT2D eigenvalue weighted by Crippen LogP contribution is 2.22. The molecule has 2 aromatic carbocycles. The van der Waals surface area contributed by atoms with E-state index in [1.54, 1.807) is 0 Å². The molecule has 0 aliphatic heterocycles. The number of hydrogen-bond donors (Lipinski definition) is 0. The van der Waals surface area contributed by atoms with E-state index in [2.05, 4.69) is 0 Å². The van der Waals surface area contributed by atoms with Crippen LogP contribution in [0, 0.1) is 5.41 Å². The summed E-state index contributed by atoms with van der Waals surface area (Å²) in [5, 5.41) is 0. The van der Waals surface area contributed by atoms with E-state index in [-0.39, 0.29) is 11.2 Å². The molecule has 0 heterocycles. The minimum Gasteiger partial charge on any atom is -0.489 e. The average molecular weight is 268 g/mol. The molecule has 2 rings (SSSR count). The van der Waals surface area contributed by atoms with Crippen molar-refractivity contribution in [2.45, 2.75) is 27.4 Å². The zero-order valence-electron chi connectivity index (χ0n) is 12.2. The molecule has 0 aliphatic rings. The molecule has 0 unspecified atom stereocenters. The third-order valence-corrected chi connectivity index (χ3v) is 3.05. The van der Waals surface area contributed by atoms with E-state index in [1.165, 1.54) is 0 Å². The molecule has 0 saturated carbocycles. The molecule has 0 amide bonds. The van der Waals surface area contributed by atoms with Crippen molar-refractivity contribution in [3.63, 3.8) is 0 Å². The van der Waals surface area contributed by atoms with Crippen molar-refractivity contribution in [3.05, 3.63) is 65.7 Å². The smallest absolute Gasteiger partial charge is 0.168 e. The number of benzene rings is 2. The van der Waals surface area contributed by atoms with E-state index in [0.29, 0.717) is 6.61 Å². The lowest BCUT2D eigenvalue weighted by Crippen LogP contribution is -2.19. The molecule has 20 heavy (non-hydrogen) atoms. The lowest BCUT2D eigenvalue weighted by Gasteiger charge is -2.16. The van der Waals surface area contributed by atoms with E-state index in [4.69, 9.17) is 4.74 Å². The molecule has 0 fully saturated rings. The van der Waals surface area contributed by atoms with E-state index < -0.39 is 0 Å². The van der Waals surface area contributed by atoms with Crippen LogP contribution in [0.1, 0.15) is 36.7 Å². The maximum absolute atomic E-state index is 12.1. The summed E-state index contributed by atoms with van der Waals surface area (Å²) in [4.78, 5) is 12.1. The third-order valence-electron chi connectivity index (χ3n) is 3.05. The zero-order valence-corrected chi connectivity index (χ0v) is 12.2. The second kappa shape index (κ2) is 5.91. The van der Waals surface area contributed by atoms with Crippen molar-refractivity contribution in [3.8, 4) is 5.75 Å². The largest absolute Gasteiger partial charge is 0.489 e. The molecular weight excluding hydrogens is 248 g/mol. The second-order valence-corrected chi connectivity index (χ2v) is 5.88. The maximum Gasteiger partial charge on any atom is 0.168 e. The van der Waals surface area contributed by atoms with Crippen molar-refractivity contribution in [1.29, 1.82) is 0 Å². The number of ether oxygens (including phenoxy) is 1. The third kappa shape index (κ3) is 3.70. The van der Waals surface area contributed by atoms with Gasteiger partial charge in [-0.3, -0.25) is 4.79 Å². The zero-order chi connectivity index (χ0) is 14.6. The molecule has 0 bridgehead atoms. The number of Topliss-reactive ketones (excluding diaryl/α,β-unsaturated/α-hetero) is 1. The van der Waals surface area contributed by atoms with Gasteiger partial charge in [-0.25, -0.2) is 0 Å². The first-order valence-corrected chi connectivity index (χ1v) is 6.78. The Balaban J connectivity index is 2.00. The first kappa shape index (κ1) is 14.3. The fourth-order valence-corrected chi connectivity index (χ4v) is 1.88. The molecule has 2 aromatic rings. The van der Waals surface area contributed by atoms with Gasteiger partial charge < -0.3 is 4.74 Å². The van der Waals surface area contributed by atoms with Gasteiger partial charge in [-0.15, -0.1) is 0 Å². The quantitative estimate of drug-likeness (QED) is 0.763. The molecular formula is C18H20O2. The van der Waals surface area contributed by atoms with Gasteiger partial charge in [-0.1, -0.05) is 51.1 Å². The van der Waals surface area contributed by atoms with Crippen LogP contribution in [-0.4, -0.2) is 5.78 Å². The van der Waals surface area contributed by atoms with Crippen LogP contribution in [0.5, 0.6) is 5.75 Å². The monoisotopic (exact) mass is 268 g/mol. The molecule has 0 aliphatic carbocycles. The van der Waals surface area contributed by atoms with Crippen molar-refractivity contribution in [2.24, 2.45) is 5.41 Å². The minimum absolute atomic E-state index is 0.145. The van der Waals surface area contributed by atoms with E-state index in [9.17, 15) is 4.79 Å². The lowest BCUT2D eigenvalue weighted by molar-refractivity contribution is 0.0858. The molecule has 0 saturated heterocycles. The first-order valence-electron chi connectivity index (χ1n) is 6.78. The molecule has 2 nitrogen and oxygen atoms in total. The van der Waals surface area contributed by atoms with Gasteiger partial charge in [0.2, 0.25) is 0 Å². The predicted molar refractivity (Wildman–Crippen MR) is 81.0 cm³/mol. The van der Waals surface area contributed by atoms with Crippen LogP contribution >= 0.6 is 0 Å². The highest BCUT2D eigenvalue weighted by Gasteiger charge is 2.22. The molecule has 0 radical (unpaired) electrons. The normalized spacial score (nSPS) is 11.2. The summed E-state index contributed by atoms with van der Waals surface area (Å²) in [6.07, 6.45) is 0. The summed E-state index contributed by atoms with van der Waals surface area (Å²) in [5.74, 6) is 0.923. The van der Waals surface area contributed by atoms with E-state index >= 15 is 0 Å². The van der Waals surface area contributed by atoms with E-state index in [0.717, 1.165) is 16.9 Å². The topological polar surface area (TPSA) is 26.3 Å². The second-order valence-electron chi connectivity index (χ2n) is 5.88. The Kier molecular flexibility index (Phi) is 4.23. The van der Waals surface area contributed by atoms with Gasteiger partial charge >= 0.3 is 0 Å². The Bertz CT molecular complexity index is 563. The molecule has 104 valence electrons. The van der Waals surface area contributed by atoms with Crippen LogP contribution in [0.3, 0.4) is 0 Å². The van der Waals surface area contributed by atoms with Gasteiger partial charge in [-0.05, 0) is 29.8 Å². The maximum atomic E-state index is 12.1. The predicted octanol–water partition coefficient (Wildman–Crippen LogP) is 4.49. The Morgan fingerprint density at radius 2 is 1.55 bits per heavy atom. The molecule has 0 spiro atoms.